The van der Waals surface area contributed by atoms with Gasteiger partial charge in [-0.05, 0) is 6.92 Å². The highest BCUT2D eigenvalue weighted by atomic mass is 16.1. The number of nitriles is 1. The molecule has 0 radical (unpaired) electrons. The van der Waals surface area contributed by atoms with Crippen molar-refractivity contribution < 1.29 is 0 Å². The van der Waals surface area contributed by atoms with Gasteiger partial charge < -0.3 is 4.98 Å². The zero-order valence-electron chi connectivity index (χ0n) is 6.77. The molecule has 0 spiro atoms. The fourth-order valence-corrected chi connectivity index (χ4v) is 1.05. The third-order valence-electron chi connectivity index (χ3n) is 1.58. The van der Waals surface area contributed by atoms with Gasteiger partial charge in [-0.25, -0.2) is 0 Å². The lowest BCUT2D eigenvalue weighted by Gasteiger charge is -1.91. The number of aromatic amines is 1. The second kappa shape index (κ2) is 2.42. The Morgan fingerprint density at radius 2 is 2.38 bits per heavy atom. The van der Waals surface area contributed by atoms with Crippen molar-refractivity contribution in [1.29, 1.82) is 5.26 Å². The molecule has 1 N–H and O–H groups in total. The van der Waals surface area contributed by atoms with Crippen molar-refractivity contribution in [3.05, 3.63) is 27.9 Å². The summed E-state index contributed by atoms with van der Waals surface area (Å²) in [5, 5.41) is 16.2. The van der Waals surface area contributed by atoms with Crippen LogP contribution in [-0.4, -0.2) is 19.8 Å². The molecule has 2 aromatic rings. The number of aromatic nitrogens is 4. The molecule has 0 saturated carbocycles. The zero-order chi connectivity index (χ0) is 9.42. The van der Waals surface area contributed by atoms with Crippen LogP contribution in [0.2, 0.25) is 0 Å². The summed E-state index contributed by atoms with van der Waals surface area (Å²) in [5.74, 6) is 0.463. The number of rotatable bonds is 0. The predicted octanol–water partition coefficient (Wildman–Crippen LogP) is -0.402. The molecule has 0 amide bonds. The normalized spacial score (nSPS) is 10.2. The molecule has 2 rings (SSSR count). The van der Waals surface area contributed by atoms with E-state index in [0.717, 1.165) is 4.63 Å². The summed E-state index contributed by atoms with van der Waals surface area (Å²) in [7, 11) is 0. The molecule has 0 fully saturated rings. The van der Waals surface area contributed by atoms with E-state index in [4.69, 9.17) is 5.26 Å². The molecule has 0 atom stereocenters. The number of hydrogen-bond donors (Lipinski definition) is 1. The van der Waals surface area contributed by atoms with E-state index in [1.807, 2.05) is 6.07 Å². The van der Waals surface area contributed by atoms with Crippen LogP contribution in [0.5, 0.6) is 0 Å². The van der Waals surface area contributed by atoms with E-state index in [1.54, 1.807) is 6.92 Å². The van der Waals surface area contributed by atoms with Gasteiger partial charge in [-0.2, -0.15) is 5.26 Å². The summed E-state index contributed by atoms with van der Waals surface area (Å²) >= 11 is 0. The van der Waals surface area contributed by atoms with Crippen LogP contribution in [0.25, 0.3) is 5.52 Å². The zero-order valence-corrected chi connectivity index (χ0v) is 6.77. The van der Waals surface area contributed by atoms with Crippen LogP contribution in [0.4, 0.5) is 0 Å². The van der Waals surface area contributed by atoms with Crippen LogP contribution in [0, 0.1) is 18.3 Å². The Bertz CT molecular complexity index is 558. The van der Waals surface area contributed by atoms with Crippen molar-refractivity contribution in [2.45, 2.75) is 6.92 Å². The Morgan fingerprint density at radius 1 is 1.62 bits per heavy atom. The van der Waals surface area contributed by atoms with Crippen molar-refractivity contribution in [3.63, 3.8) is 0 Å². The molecule has 64 valence electrons. The monoisotopic (exact) mass is 175 g/mol. The first kappa shape index (κ1) is 7.49. The molecular formula is C7H5N5O. The van der Waals surface area contributed by atoms with Gasteiger partial charge in [0.25, 0.3) is 5.56 Å². The Hall–Kier alpha value is -2.16. The number of fused-ring (bicyclic) bond motifs is 1. The fourth-order valence-electron chi connectivity index (χ4n) is 1.05. The maximum Gasteiger partial charge on any atom is 0.277 e. The molecule has 0 aliphatic heterocycles. The van der Waals surface area contributed by atoms with Gasteiger partial charge in [0, 0.05) is 6.07 Å². The van der Waals surface area contributed by atoms with Crippen LogP contribution in [0.15, 0.2) is 10.9 Å². The first-order chi connectivity index (χ1) is 6.20. The van der Waals surface area contributed by atoms with Crippen LogP contribution in [-0.2, 0) is 0 Å². The minimum atomic E-state index is -0.290. The van der Waals surface area contributed by atoms with E-state index in [9.17, 15) is 4.79 Å². The summed E-state index contributed by atoms with van der Waals surface area (Å²) in [6, 6.07) is 3.23. The van der Waals surface area contributed by atoms with Crippen molar-refractivity contribution in [1.82, 2.24) is 19.8 Å². The molecule has 13 heavy (non-hydrogen) atoms. The molecule has 2 aromatic heterocycles. The van der Waals surface area contributed by atoms with Crippen LogP contribution in [0.3, 0.4) is 0 Å². The Kier molecular flexibility index (Phi) is 1.39. The third-order valence-corrected chi connectivity index (χ3v) is 1.58. The minimum absolute atomic E-state index is 0.184. The van der Waals surface area contributed by atoms with E-state index >= 15 is 0 Å². The Balaban J connectivity index is 2.93. The molecule has 0 aromatic carbocycles. The van der Waals surface area contributed by atoms with Gasteiger partial charge in [-0.3, -0.25) is 4.79 Å². The summed E-state index contributed by atoms with van der Waals surface area (Å²) in [4.78, 5) is 13.8. The van der Waals surface area contributed by atoms with E-state index in [1.165, 1.54) is 6.07 Å². The first-order valence-electron chi connectivity index (χ1n) is 3.58. The van der Waals surface area contributed by atoms with E-state index in [2.05, 4.69) is 15.2 Å². The molecule has 0 unspecified atom stereocenters. The van der Waals surface area contributed by atoms with E-state index in [0.29, 0.717) is 5.82 Å². The summed E-state index contributed by atoms with van der Waals surface area (Å²) < 4.78 is 1.16. The van der Waals surface area contributed by atoms with Gasteiger partial charge in [0.05, 0.1) is 0 Å². The summed E-state index contributed by atoms with van der Waals surface area (Å²) in [6.07, 6.45) is 0. The van der Waals surface area contributed by atoms with Crippen molar-refractivity contribution in [3.8, 4) is 6.07 Å². The highest BCUT2D eigenvalue weighted by Crippen LogP contribution is 1.97. The second-order valence-electron chi connectivity index (χ2n) is 2.56. The number of nitrogens with zero attached hydrogens (tertiary/aromatic N) is 4. The molecule has 6 heteroatoms. The lowest BCUT2D eigenvalue weighted by molar-refractivity contribution is 0.744. The van der Waals surface area contributed by atoms with E-state index < -0.39 is 0 Å². The first-order valence-corrected chi connectivity index (χ1v) is 3.58. The Morgan fingerprint density at radius 3 is 3.08 bits per heavy atom. The van der Waals surface area contributed by atoms with Crippen molar-refractivity contribution in [2.24, 2.45) is 0 Å². The topological polar surface area (TPSA) is 86.8 Å². The van der Waals surface area contributed by atoms with Gasteiger partial charge in [0.15, 0.2) is 11.2 Å². The molecule has 2 heterocycles. The third kappa shape index (κ3) is 1.06. The smallest absolute Gasteiger partial charge is 0.277 e. The number of hydrogen-bond acceptors (Lipinski definition) is 4. The van der Waals surface area contributed by atoms with Gasteiger partial charge >= 0.3 is 0 Å². The highest BCUT2D eigenvalue weighted by molar-refractivity contribution is 5.46. The van der Waals surface area contributed by atoms with Crippen molar-refractivity contribution >= 4 is 5.52 Å². The lowest BCUT2D eigenvalue weighted by Crippen LogP contribution is -2.14. The quantitative estimate of drug-likeness (QED) is 0.590. The fraction of sp³-hybridized carbons (Fsp3) is 0.143. The van der Waals surface area contributed by atoms with Crippen molar-refractivity contribution in [2.75, 3.05) is 0 Å². The predicted molar refractivity (Wildman–Crippen MR) is 43.1 cm³/mol. The Labute approximate surface area is 72.4 Å². The second-order valence-corrected chi connectivity index (χ2v) is 2.56. The lowest BCUT2D eigenvalue weighted by atomic mass is 10.4. The number of H-pyrrole nitrogens is 1. The SMILES string of the molecule is Cc1nn2nc(C#N)cc2c(=O)[nH]1. The maximum atomic E-state index is 11.3. The van der Waals surface area contributed by atoms with Crippen LogP contribution < -0.4 is 5.56 Å². The molecule has 0 aliphatic rings. The molecule has 0 saturated heterocycles. The van der Waals surface area contributed by atoms with Gasteiger partial charge in [0.1, 0.15) is 11.9 Å². The molecular weight excluding hydrogens is 170 g/mol. The average Bonchev–Trinajstić information content (AvgIpc) is 2.47. The van der Waals surface area contributed by atoms with Gasteiger partial charge in [-0.15, -0.1) is 14.8 Å². The largest absolute Gasteiger partial charge is 0.307 e. The molecule has 6 nitrogen and oxygen atoms in total. The number of nitrogens with one attached hydrogen (secondary N) is 1. The standard InChI is InChI=1S/C7H5N5O/c1-4-9-7(13)6-2-5(3-8)11-12(6)10-4/h2H,1H3,(H,9,10,13). The average molecular weight is 175 g/mol. The van der Waals surface area contributed by atoms with Gasteiger partial charge in [0.2, 0.25) is 0 Å². The minimum Gasteiger partial charge on any atom is -0.307 e. The summed E-state index contributed by atoms with van der Waals surface area (Å²) in [6.45, 7) is 1.65. The van der Waals surface area contributed by atoms with E-state index in [-0.39, 0.29) is 16.8 Å². The summed E-state index contributed by atoms with van der Waals surface area (Å²) in [5.41, 5.74) is 0.173. The van der Waals surface area contributed by atoms with Crippen LogP contribution in [0.1, 0.15) is 11.5 Å². The highest BCUT2D eigenvalue weighted by Gasteiger charge is 2.05. The molecule has 0 aliphatic carbocycles. The van der Waals surface area contributed by atoms with Gasteiger partial charge in [-0.1, -0.05) is 0 Å². The molecule has 0 bridgehead atoms. The van der Waals surface area contributed by atoms with Crippen LogP contribution >= 0.6 is 0 Å². The maximum absolute atomic E-state index is 11.3. The number of aryl methyl sites for hydroxylation is 1.